The monoisotopic (exact) mass is 350 g/mol. The van der Waals surface area contributed by atoms with E-state index in [2.05, 4.69) is 24.7 Å². The van der Waals surface area contributed by atoms with Crippen molar-refractivity contribution in [2.24, 2.45) is 7.05 Å². The van der Waals surface area contributed by atoms with Crippen molar-refractivity contribution in [3.05, 3.63) is 23.8 Å². The highest BCUT2D eigenvalue weighted by Gasteiger charge is 2.23. The average molecular weight is 350 g/mol. The van der Waals surface area contributed by atoms with Crippen LogP contribution in [0.25, 0.3) is 0 Å². The van der Waals surface area contributed by atoms with Crippen molar-refractivity contribution in [2.45, 2.75) is 25.3 Å². The van der Waals surface area contributed by atoms with E-state index in [1.807, 2.05) is 0 Å². The summed E-state index contributed by atoms with van der Waals surface area (Å²) in [6.45, 7) is 2.37. The third-order valence-corrected chi connectivity index (χ3v) is 4.85. The first-order valence-electron chi connectivity index (χ1n) is 8.02. The van der Waals surface area contributed by atoms with E-state index in [-0.39, 0.29) is 11.9 Å². The average Bonchev–Trinajstić information content (AvgIpc) is 3.23. The van der Waals surface area contributed by atoms with Crippen molar-refractivity contribution >= 4 is 22.6 Å². The molecule has 0 aromatic carbocycles. The summed E-state index contributed by atoms with van der Waals surface area (Å²) >= 11 is 1.43. The number of amides is 1. The van der Waals surface area contributed by atoms with E-state index in [1.54, 1.807) is 31.1 Å². The van der Waals surface area contributed by atoms with E-state index in [4.69, 9.17) is 4.74 Å². The number of carbonyl (C=O) groups excluding carboxylic acids is 1. The fraction of sp³-hybridized carbons (Fsp3) is 0.600. The predicted octanol–water partition coefficient (Wildman–Crippen LogP) is 0.859. The molecule has 9 heteroatoms. The molecule has 0 atom stereocenters. The smallest absolute Gasteiger partial charge is 0.271 e. The van der Waals surface area contributed by atoms with Gasteiger partial charge in [0.05, 0.1) is 6.61 Å². The summed E-state index contributed by atoms with van der Waals surface area (Å²) in [4.78, 5) is 18.9. The molecule has 0 unspecified atom stereocenters. The zero-order valence-corrected chi connectivity index (χ0v) is 14.8. The molecule has 2 aromatic rings. The molecule has 1 saturated heterocycles. The lowest BCUT2D eigenvalue weighted by Crippen LogP contribution is -2.44. The van der Waals surface area contributed by atoms with E-state index in [9.17, 15) is 4.79 Å². The normalized spacial score (nSPS) is 15.7. The van der Waals surface area contributed by atoms with Crippen molar-refractivity contribution < 1.29 is 9.53 Å². The van der Waals surface area contributed by atoms with Gasteiger partial charge in [0.15, 0.2) is 0 Å². The van der Waals surface area contributed by atoms with E-state index >= 15 is 0 Å². The lowest BCUT2D eigenvalue weighted by molar-refractivity contribution is 0.0925. The van der Waals surface area contributed by atoms with Crippen molar-refractivity contribution in [3.63, 3.8) is 0 Å². The van der Waals surface area contributed by atoms with Gasteiger partial charge in [0.2, 0.25) is 5.13 Å². The maximum Gasteiger partial charge on any atom is 0.271 e. The van der Waals surface area contributed by atoms with Gasteiger partial charge in [-0.1, -0.05) is 0 Å². The number of anilines is 1. The van der Waals surface area contributed by atoms with Crippen molar-refractivity contribution in [1.82, 2.24) is 24.5 Å². The van der Waals surface area contributed by atoms with E-state index in [0.717, 1.165) is 43.3 Å². The predicted molar refractivity (Wildman–Crippen MR) is 91.4 cm³/mol. The van der Waals surface area contributed by atoms with E-state index < -0.39 is 0 Å². The summed E-state index contributed by atoms with van der Waals surface area (Å²) in [5, 5.41) is 8.15. The molecule has 8 nitrogen and oxygen atoms in total. The first-order valence-corrected chi connectivity index (χ1v) is 8.80. The topological polar surface area (TPSA) is 85.2 Å². The van der Waals surface area contributed by atoms with Gasteiger partial charge >= 0.3 is 0 Å². The Bertz CT molecular complexity index is 677. The van der Waals surface area contributed by atoms with E-state index in [1.165, 1.54) is 11.5 Å². The minimum absolute atomic E-state index is 0.105. The van der Waals surface area contributed by atoms with Crippen LogP contribution < -0.4 is 10.2 Å². The number of nitrogens with one attached hydrogen (secondary N) is 1. The number of piperidine rings is 1. The molecular formula is C15H22N6O2S. The van der Waals surface area contributed by atoms with E-state index in [0.29, 0.717) is 12.3 Å². The number of nitrogens with zero attached hydrogens (tertiary/aromatic N) is 5. The first-order chi connectivity index (χ1) is 11.7. The molecule has 24 heavy (non-hydrogen) atoms. The molecule has 1 aliphatic heterocycles. The fourth-order valence-electron chi connectivity index (χ4n) is 2.68. The maximum atomic E-state index is 12.1. The summed E-state index contributed by atoms with van der Waals surface area (Å²) in [7, 11) is 3.48. The lowest BCUT2D eigenvalue weighted by Gasteiger charge is -2.31. The Morgan fingerprint density at radius 1 is 1.46 bits per heavy atom. The Kier molecular flexibility index (Phi) is 5.41. The highest BCUT2D eigenvalue weighted by atomic mass is 32.1. The van der Waals surface area contributed by atoms with Gasteiger partial charge in [0, 0.05) is 57.4 Å². The summed E-state index contributed by atoms with van der Waals surface area (Å²) in [5.74, 6) is 0.731. The van der Waals surface area contributed by atoms with Gasteiger partial charge in [0.1, 0.15) is 11.5 Å². The Labute approximate surface area is 145 Å². The van der Waals surface area contributed by atoms with Crippen LogP contribution in [0.1, 0.15) is 29.2 Å². The molecule has 2 aromatic heterocycles. The number of hydrogen-bond acceptors (Lipinski definition) is 7. The number of hydrogen-bond donors (Lipinski definition) is 1. The Hall–Kier alpha value is -2.00. The molecule has 130 valence electrons. The number of carbonyl (C=O) groups is 1. The molecule has 3 rings (SSSR count). The molecular weight excluding hydrogens is 328 g/mol. The largest absolute Gasteiger partial charge is 0.384 e. The van der Waals surface area contributed by atoms with Crippen LogP contribution >= 0.6 is 11.5 Å². The summed E-state index contributed by atoms with van der Waals surface area (Å²) in [6.07, 6.45) is 4.30. The zero-order chi connectivity index (χ0) is 16.9. The highest BCUT2D eigenvalue weighted by molar-refractivity contribution is 7.09. The minimum atomic E-state index is -0.105. The van der Waals surface area contributed by atoms with Gasteiger partial charge in [0.25, 0.3) is 5.91 Å². The molecule has 1 N–H and O–H groups in total. The molecule has 0 spiro atoms. The molecule has 0 bridgehead atoms. The van der Waals surface area contributed by atoms with Crippen LogP contribution in [0, 0.1) is 0 Å². The summed E-state index contributed by atoms with van der Waals surface area (Å²) in [5.41, 5.74) is 0.465. The minimum Gasteiger partial charge on any atom is -0.384 e. The van der Waals surface area contributed by atoms with Crippen LogP contribution in [0.4, 0.5) is 5.13 Å². The molecule has 0 radical (unpaired) electrons. The van der Waals surface area contributed by atoms with Crippen molar-refractivity contribution in [3.8, 4) is 0 Å². The zero-order valence-electron chi connectivity index (χ0n) is 13.9. The Morgan fingerprint density at radius 2 is 2.25 bits per heavy atom. The first kappa shape index (κ1) is 16.8. The van der Waals surface area contributed by atoms with Crippen LogP contribution in [0.2, 0.25) is 0 Å². The molecule has 1 amide bonds. The van der Waals surface area contributed by atoms with Crippen molar-refractivity contribution in [2.75, 3.05) is 31.7 Å². The van der Waals surface area contributed by atoms with Crippen molar-refractivity contribution in [1.29, 1.82) is 0 Å². The second-order valence-corrected chi connectivity index (χ2v) is 6.58. The molecule has 1 aliphatic rings. The van der Waals surface area contributed by atoms with Crippen LogP contribution in [0.15, 0.2) is 12.3 Å². The summed E-state index contributed by atoms with van der Waals surface area (Å²) in [6, 6.07) is 1.91. The second kappa shape index (κ2) is 7.71. The fourth-order valence-corrected chi connectivity index (χ4v) is 3.44. The van der Waals surface area contributed by atoms with Crippen LogP contribution in [-0.2, 0) is 18.2 Å². The number of rotatable bonds is 6. The highest BCUT2D eigenvalue weighted by Crippen LogP contribution is 2.22. The van der Waals surface area contributed by atoms with Gasteiger partial charge in [-0.25, -0.2) is 4.98 Å². The number of aryl methyl sites for hydroxylation is 1. The van der Waals surface area contributed by atoms with Gasteiger partial charge in [-0.2, -0.15) is 9.47 Å². The third-order valence-electron chi connectivity index (χ3n) is 4.03. The standard InChI is InChI=1S/C15H22N6O2S/c1-20-7-5-12(18-20)14(22)16-11-3-8-21(9-4-11)15-17-13(19-24-15)6-10-23-2/h5,7,11H,3-4,6,8-10H2,1-2H3,(H,16,22). The van der Waals surface area contributed by atoms with Crippen LogP contribution in [0.5, 0.6) is 0 Å². The second-order valence-electron chi connectivity index (χ2n) is 5.85. The number of ether oxygens (including phenoxy) is 1. The lowest BCUT2D eigenvalue weighted by atomic mass is 10.1. The molecule has 3 heterocycles. The Balaban J connectivity index is 1.48. The van der Waals surface area contributed by atoms with Gasteiger partial charge in [-0.3, -0.25) is 9.48 Å². The SMILES string of the molecule is COCCc1nsc(N2CCC(NC(=O)c3ccn(C)n3)CC2)n1. The van der Waals surface area contributed by atoms with Crippen LogP contribution in [0.3, 0.4) is 0 Å². The quantitative estimate of drug-likeness (QED) is 0.832. The third kappa shape index (κ3) is 4.09. The van der Waals surface area contributed by atoms with Gasteiger partial charge in [-0.15, -0.1) is 0 Å². The van der Waals surface area contributed by atoms with Gasteiger partial charge in [-0.05, 0) is 18.9 Å². The maximum absolute atomic E-state index is 12.1. The van der Waals surface area contributed by atoms with Crippen LogP contribution in [-0.4, -0.2) is 57.9 Å². The Morgan fingerprint density at radius 3 is 2.92 bits per heavy atom. The molecule has 0 saturated carbocycles. The molecule has 0 aliphatic carbocycles. The van der Waals surface area contributed by atoms with Gasteiger partial charge < -0.3 is 15.0 Å². The number of methoxy groups -OCH3 is 1. The number of aromatic nitrogens is 4. The molecule has 1 fully saturated rings. The summed E-state index contributed by atoms with van der Waals surface area (Å²) < 4.78 is 11.1.